The summed E-state index contributed by atoms with van der Waals surface area (Å²) < 4.78 is 5.09. The van der Waals surface area contributed by atoms with Crippen molar-refractivity contribution in [1.29, 1.82) is 0 Å². The number of pyridine rings is 1. The third kappa shape index (κ3) is 4.68. The second-order valence-electron chi connectivity index (χ2n) is 5.31. The molecule has 0 aliphatic carbocycles. The van der Waals surface area contributed by atoms with Gasteiger partial charge in [-0.15, -0.1) is 0 Å². The highest BCUT2D eigenvalue weighted by atomic mass is 16.5. The molecule has 6 nitrogen and oxygen atoms in total. The second kappa shape index (κ2) is 7.95. The number of amides is 1. The highest BCUT2D eigenvalue weighted by molar-refractivity contribution is 5.96. The van der Waals surface area contributed by atoms with Gasteiger partial charge in [-0.1, -0.05) is 0 Å². The maximum absolute atomic E-state index is 12.1. The van der Waals surface area contributed by atoms with E-state index in [1.807, 2.05) is 0 Å². The largest absolute Gasteiger partial charge is 0.480 e. The van der Waals surface area contributed by atoms with Crippen LogP contribution in [0.15, 0.2) is 18.3 Å². The van der Waals surface area contributed by atoms with Gasteiger partial charge in [0.25, 0.3) is 5.91 Å². The third-order valence-electron chi connectivity index (χ3n) is 3.74. The minimum atomic E-state index is -0.127. The predicted molar refractivity (Wildman–Crippen MR) is 81.7 cm³/mol. The fourth-order valence-corrected chi connectivity index (χ4v) is 2.40. The van der Waals surface area contributed by atoms with Crippen LogP contribution in [0.4, 0.5) is 0 Å². The van der Waals surface area contributed by atoms with E-state index in [0.29, 0.717) is 18.0 Å². The van der Waals surface area contributed by atoms with Crippen molar-refractivity contribution in [3.63, 3.8) is 0 Å². The molecule has 116 valence electrons. The minimum absolute atomic E-state index is 0.127. The number of ether oxygens (including phenoxy) is 1. The average Bonchev–Trinajstić information content (AvgIpc) is 2.53. The molecule has 1 fully saturated rings. The van der Waals surface area contributed by atoms with Gasteiger partial charge in [-0.25, -0.2) is 4.98 Å². The average molecular weight is 292 g/mol. The molecule has 0 aromatic carbocycles. The van der Waals surface area contributed by atoms with Gasteiger partial charge < -0.3 is 19.9 Å². The predicted octanol–water partition coefficient (Wildman–Crippen LogP) is 0.458. The molecule has 1 saturated heterocycles. The lowest BCUT2D eigenvalue weighted by Gasteiger charge is -2.32. The van der Waals surface area contributed by atoms with Crippen LogP contribution in [0.2, 0.25) is 0 Å². The van der Waals surface area contributed by atoms with E-state index < -0.39 is 0 Å². The van der Waals surface area contributed by atoms with E-state index >= 15 is 0 Å². The minimum Gasteiger partial charge on any atom is -0.480 e. The Hall–Kier alpha value is -1.66. The Morgan fingerprint density at radius 3 is 2.86 bits per heavy atom. The van der Waals surface area contributed by atoms with Crippen LogP contribution >= 0.6 is 0 Å². The summed E-state index contributed by atoms with van der Waals surface area (Å²) >= 11 is 0. The van der Waals surface area contributed by atoms with E-state index in [2.05, 4.69) is 27.1 Å². The molecule has 0 radical (unpaired) electrons. The Labute approximate surface area is 126 Å². The summed E-state index contributed by atoms with van der Waals surface area (Å²) in [4.78, 5) is 20.9. The highest BCUT2D eigenvalue weighted by Gasteiger charge is 2.14. The summed E-state index contributed by atoms with van der Waals surface area (Å²) in [5.41, 5.74) is 0.486. The van der Waals surface area contributed by atoms with Crippen molar-refractivity contribution in [3.05, 3.63) is 23.9 Å². The molecule has 0 atom stereocenters. The number of piperazine rings is 1. The van der Waals surface area contributed by atoms with Crippen LogP contribution in [0, 0.1) is 0 Å². The smallest absolute Gasteiger partial charge is 0.256 e. The third-order valence-corrected chi connectivity index (χ3v) is 3.74. The number of carbonyl (C=O) groups is 1. The molecular formula is C15H24N4O2. The van der Waals surface area contributed by atoms with Gasteiger partial charge in [0.15, 0.2) is 0 Å². The van der Waals surface area contributed by atoms with Crippen molar-refractivity contribution in [3.8, 4) is 5.88 Å². The van der Waals surface area contributed by atoms with E-state index in [0.717, 1.165) is 39.1 Å². The number of hydrogen-bond acceptors (Lipinski definition) is 5. The first-order valence-electron chi connectivity index (χ1n) is 7.39. The highest BCUT2D eigenvalue weighted by Crippen LogP contribution is 2.12. The van der Waals surface area contributed by atoms with Crippen molar-refractivity contribution in [1.82, 2.24) is 20.1 Å². The normalized spacial score (nSPS) is 16.7. The number of methoxy groups -OCH3 is 1. The molecule has 0 saturated carbocycles. The summed E-state index contributed by atoms with van der Waals surface area (Å²) in [6.07, 6.45) is 2.57. The van der Waals surface area contributed by atoms with Crippen molar-refractivity contribution in [2.45, 2.75) is 6.42 Å². The number of hydrogen-bond donors (Lipinski definition) is 1. The van der Waals surface area contributed by atoms with Crippen molar-refractivity contribution in [2.75, 3.05) is 53.4 Å². The van der Waals surface area contributed by atoms with Gasteiger partial charge in [0.2, 0.25) is 5.88 Å². The standard InChI is InChI=1S/C15H24N4O2/c1-18-9-11-19(12-10-18)8-4-7-16-14(20)13-5-3-6-17-15(13)21-2/h3,5-6H,4,7-12H2,1-2H3,(H,16,20). The second-order valence-corrected chi connectivity index (χ2v) is 5.31. The molecule has 21 heavy (non-hydrogen) atoms. The maximum Gasteiger partial charge on any atom is 0.256 e. The number of aromatic nitrogens is 1. The fourth-order valence-electron chi connectivity index (χ4n) is 2.40. The zero-order valence-electron chi connectivity index (χ0n) is 12.8. The molecule has 0 spiro atoms. The Morgan fingerprint density at radius 1 is 1.38 bits per heavy atom. The van der Waals surface area contributed by atoms with E-state index in [4.69, 9.17) is 4.74 Å². The van der Waals surface area contributed by atoms with Gasteiger partial charge in [-0.2, -0.15) is 0 Å². The molecule has 2 rings (SSSR count). The van der Waals surface area contributed by atoms with Crippen molar-refractivity contribution < 1.29 is 9.53 Å². The van der Waals surface area contributed by atoms with E-state index in [1.54, 1.807) is 18.3 Å². The summed E-state index contributed by atoms with van der Waals surface area (Å²) in [7, 11) is 3.67. The summed E-state index contributed by atoms with van der Waals surface area (Å²) in [5.74, 6) is 0.243. The topological polar surface area (TPSA) is 57.7 Å². The van der Waals surface area contributed by atoms with E-state index in [-0.39, 0.29) is 5.91 Å². The Balaban J connectivity index is 1.70. The molecule has 2 heterocycles. The zero-order valence-corrected chi connectivity index (χ0v) is 12.8. The summed E-state index contributed by atoms with van der Waals surface area (Å²) in [6.45, 7) is 6.17. The molecule has 1 amide bonds. The van der Waals surface area contributed by atoms with Crippen LogP contribution in [0.25, 0.3) is 0 Å². The number of nitrogens with zero attached hydrogens (tertiary/aromatic N) is 3. The van der Waals surface area contributed by atoms with Crippen molar-refractivity contribution >= 4 is 5.91 Å². The molecule has 6 heteroatoms. The van der Waals surface area contributed by atoms with Crippen LogP contribution in [0.5, 0.6) is 5.88 Å². The molecule has 0 unspecified atom stereocenters. The lowest BCUT2D eigenvalue weighted by molar-refractivity contribution is 0.0945. The molecule has 0 bridgehead atoms. The van der Waals surface area contributed by atoms with Crippen LogP contribution < -0.4 is 10.1 Å². The van der Waals surface area contributed by atoms with Crippen LogP contribution in [-0.4, -0.2) is 74.1 Å². The maximum atomic E-state index is 12.1. The summed E-state index contributed by atoms with van der Waals surface area (Å²) in [5, 5.41) is 2.93. The van der Waals surface area contributed by atoms with Crippen LogP contribution in [0.3, 0.4) is 0 Å². The quantitative estimate of drug-likeness (QED) is 0.772. The van der Waals surface area contributed by atoms with Crippen LogP contribution in [-0.2, 0) is 0 Å². The molecule has 1 aliphatic heterocycles. The number of carbonyl (C=O) groups excluding carboxylic acids is 1. The van der Waals surface area contributed by atoms with Crippen LogP contribution in [0.1, 0.15) is 16.8 Å². The van der Waals surface area contributed by atoms with Gasteiger partial charge in [0, 0.05) is 38.9 Å². The molecular weight excluding hydrogens is 268 g/mol. The fraction of sp³-hybridized carbons (Fsp3) is 0.600. The van der Waals surface area contributed by atoms with Gasteiger partial charge in [-0.05, 0) is 32.1 Å². The van der Waals surface area contributed by atoms with Gasteiger partial charge in [-0.3, -0.25) is 4.79 Å². The van der Waals surface area contributed by atoms with Gasteiger partial charge >= 0.3 is 0 Å². The monoisotopic (exact) mass is 292 g/mol. The number of rotatable bonds is 6. The molecule has 1 N–H and O–H groups in total. The summed E-state index contributed by atoms with van der Waals surface area (Å²) in [6, 6.07) is 3.46. The first-order valence-corrected chi connectivity index (χ1v) is 7.39. The Morgan fingerprint density at radius 2 is 2.14 bits per heavy atom. The SMILES string of the molecule is COc1ncccc1C(=O)NCCCN1CCN(C)CC1. The van der Waals surface area contributed by atoms with Gasteiger partial charge in [0.05, 0.1) is 7.11 Å². The Bertz CT molecular complexity index is 459. The first kappa shape index (κ1) is 15.7. The number of nitrogens with one attached hydrogen (secondary N) is 1. The molecule has 1 aliphatic rings. The molecule has 1 aromatic heterocycles. The lowest BCUT2D eigenvalue weighted by atomic mass is 10.2. The van der Waals surface area contributed by atoms with E-state index in [1.165, 1.54) is 7.11 Å². The lowest BCUT2D eigenvalue weighted by Crippen LogP contribution is -2.45. The number of likely N-dealkylation sites (N-methyl/N-ethyl adjacent to an activating group) is 1. The Kier molecular flexibility index (Phi) is 5.95. The molecule has 1 aromatic rings. The van der Waals surface area contributed by atoms with E-state index in [9.17, 15) is 4.79 Å². The van der Waals surface area contributed by atoms with Gasteiger partial charge in [0.1, 0.15) is 5.56 Å². The van der Waals surface area contributed by atoms with Crippen molar-refractivity contribution in [2.24, 2.45) is 0 Å². The zero-order chi connectivity index (χ0) is 15.1. The first-order chi connectivity index (χ1) is 10.2.